The fourth-order valence-corrected chi connectivity index (χ4v) is 6.78. The summed E-state index contributed by atoms with van der Waals surface area (Å²) >= 11 is 0. The number of hydrogen-bond donors (Lipinski definition) is 1. The van der Waals surface area contributed by atoms with Crippen LogP contribution in [0, 0.1) is 23.2 Å². The Labute approximate surface area is 153 Å². The summed E-state index contributed by atoms with van der Waals surface area (Å²) in [6.07, 6.45) is 10.3. The molecule has 1 unspecified atom stereocenters. The van der Waals surface area contributed by atoms with Gasteiger partial charge in [0, 0.05) is 45.2 Å². The highest BCUT2D eigenvalue weighted by molar-refractivity contribution is 5.76. The summed E-state index contributed by atoms with van der Waals surface area (Å²) in [5.41, 5.74) is 0.377. The molecular weight excluding hydrogens is 310 g/mol. The van der Waals surface area contributed by atoms with E-state index in [0.29, 0.717) is 17.4 Å². The zero-order chi connectivity index (χ0) is 17.4. The molecule has 0 spiro atoms. The van der Waals surface area contributed by atoms with Gasteiger partial charge in [-0.25, -0.2) is 0 Å². The van der Waals surface area contributed by atoms with Crippen LogP contribution in [0.5, 0.6) is 0 Å². The van der Waals surface area contributed by atoms with E-state index in [0.717, 1.165) is 37.1 Å². The molecule has 4 saturated carbocycles. The molecule has 0 aromatic heterocycles. The zero-order valence-electron chi connectivity index (χ0n) is 16.3. The third-order valence-corrected chi connectivity index (χ3v) is 7.75. The van der Waals surface area contributed by atoms with Crippen LogP contribution in [0.3, 0.4) is 0 Å². The second-order valence-corrected chi connectivity index (χ2v) is 9.92. The van der Waals surface area contributed by atoms with Gasteiger partial charge in [0.15, 0.2) is 0 Å². The Morgan fingerprint density at radius 3 is 2.16 bits per heavy atom. The highest BCUT2D eigenvalue weighted by atomic mass is 16.1. The Morgan fingerprint density at radius 2 is 1.60 bits per heavy atom. The Balaban J connectivity index is 1.19. The molecule has 4 nitrogen and oxygen atoms in total. The number of amides is 1. The van der Waals surface area contributed by atoms with E-state index >= 15 is 0 Å². The van der Waals surface area contributed by atoms with E-state index in [1.54, 1.807) is 0 Å². The zero-order valence-corrected chi connectivity index (χ0v) is 16.3. The molecule has 0 aromatic carbocycles. The molecule has 1 heterocycles. The maximum Gasteiger partial charge on any atom is 0.220 e. The fourth-order valence-electron chi connectivity index (χ4n) is 6.78. The van der Waals surface area contributed by atoms with Gasteiger partial charge >= 0.3 is 0 Å². The van der Waals surface area contributed by atoms with E-state index in [-0.39, 0.29) is 0 Å². The molecule has 1 atom stereocenters. The van der Waals surface area contributed by atoms with Crippen molar-refractivity contribution in [1.82, 2.24) is 15.1 Å². The van der Waals surface area contributed by atoms with Crippen molar-refractivity contribution in [3.63, 3.8) is 0 Å². The average molecular weight is 348 g/mol. The van der Waals surface area contributed by atoms with E-state index < -0.39 is 0 Å². The van der Waals surface area contributed by atoms with Crippen LogP contribution >= 0.6 is 0 Å². The maximum atomic E-state index is 12.6. The molecule has 1 N–H and O–H groups in total. The lowest BCUT2D eigenvalue weighted by molar-refractivity contribution is -0.129. The van der Waals surface area contributed by atoms with Gasteiger partial charge in [0.1, 0.15) is 0 Å². The molecule has 1 amide bonds. The minimum absolute atomic E-state index is 0.326. The van der Waals surface area contributed by atoms with E-state index in [1.807, 2.05) is 0 Å². The molecule has 5 rings (SSSR count). The van der Waals surface area contributed by atoms with Crippen molar-refractivity contribution in [3.05, 3.63) is 0 Å². The van der Waals surface area contributed by atoms with Crippen LogP contribution < -0.4 is 5.32 Å². The molecule has 4 bridgehead atoms. The number of piperazine rings is 1. The van der Waals surface area contributed by atoms with Crippen LogP contribution in [-0.4, -0.2) is 61.5 Å². The summed E-state index contributed by atoms with van der Waals surface area (Å²) in [7, 11) is 2.20. The quantitative estimate of drug-likeness (QED) is 0.802. The van der Waals surface area contributed by atoms with Crippen molar-refractivity contribution in [1.29, 1.82) is 0 Å². The summed E-state index contributed by atoms with van der Waals surface area (Å²) in [6.45, 7) is 7.83. The van der Waals surface area contributed by atoms with Gasteiger partial charge in [-0.15, -0.1) is 0 Å². The summed E-state index contributed by atoms with van der Waals surface area (Å²) < 4.78 is 0. The highest BCUT2D eigenvalue weighted by Crippen LogP contribution is 2.61. The van der Waals surface area contributed by atoms with Crippen molar-refractivity contribution in [3.8, 4) is 0 Å². The number of nitrogens with zero attached hydrogens (tertiary/aromatic N) is 2. The predicted molar refractivity (Wildman–Crippen MR) is 101 cm³/mol. The van der Waals surface area contributed by atoms with Gasteiger partial charge < -0.3 is 10.2 Å². The SMILES string of the molecule is CC(CCNC(=O)CC12CC3CC(CC(C3)C1)C2)N1CCN(C)CC1. The maximum absolute atomic E-state index is 12.6. The smallest absolute Gasteiger partial charge is 0.220 e. The summed E-state index contributed by atoms with van der Waals surface area (Å²) in [4.78, 5) is 17.6. The van der Waals surface area contributed by atoms with E-state index in [2.05, 4.69) is 29.1 Å². The Hall–Kier alpha value is -0.610. The molecular formula is C21H37N3O. The van der Waals surface area contributed by atoms with Gasteiger partial charge in [-0.05, 0) is 82.1 Å². The first kappa shape index (κ1) is 17.8. The Morgan fingerprint density at radius 1 is 1.04 bits per heavy atom. The lowest BCUT2D eigenvalue weighted by Crippen LogP contribution is -2.49. The van der Waals surface area contributed by atoms with Crippen LogP contribution in [0.25, 0.3) is 0 Å². The van der Waals surface area contributed by atoms with Gasteiger partial charge in [-0.2, -0.15) is 0 Å². The van der Waals surface area contributed by atoms with E-state index in [9.17, 15) is 4.79 Å². The number of carbonyl (C=O) groups excluding carboxylic acids is 1. The van der Waals surface area contributed by atoms with Crippen molar-refractivity contribution in [2.75, 3.05) is 39.8 Å². The first-order valence-corrected chi connectivity index (χ1v) is 10.7. The first-order valence-electron chi connectivity index (χ1n) is 10.7. The first-order chi connectivity index (χ1) is 12.0. The number of likely N-dealkylation sites (N-methyl/N-ethyl adjacent to an activating group) is 1. The van der Waals surface area contributed by atoms with Gasteiger partial charge in [-0.1, -0.05) is 0 Å². The predicted octanol–water partition coefficient (Wildman–Crippen LogP) is 2.74. The lowest BCUT2D eigenvalue weighted by atomic mass is 9.49. The van der Waals surface area contributed by atoms with Crippen LogP contribution in [0.1, 0.15) is 58.3 Å². The normalized spacial score (nSPS) is 39.5. The minimum Gasteiger partial charge on any atom is -0.356 e. The topological polar surface area (TPSA) is 35.6 Å². The van der Waals surface area contributed by atoms with Gasteiger partial charge in [0.05, 0.1) is 0 Å². The standard InChI is InChI=1S/C21H37N3O/c1-16(24-7-5-23(2)6-8-24)3-4-22-20(25)15-21-12-17-9-18(13-21)11-19(10-17)14-21/h16-19H,3-15H2,1-2H3,(H,22,25). The third-order valence-electron chi connectivity index (χ3n) is 7.75. The van der Waals surface area contributed by atoms with Gasteiger partial charge in [0.2, 0.25) is 5.91 Å². The molecule has 1 aliphatic heterocycles. The lowest BCUT2D eigenvalue weighted by Gasteiger charge is -2.56. The van der Waals surface area contributed by atoms with Crippen molar-refractivity contribution < 1.29 is 4.79 Å². The minimum atomic E-state index is 0.326. The molecule has 0 radical (unpaired) electrons. The monoisotopic (exact) mass is 347 g/mol. The molecule has 5 aliphatic rings. The second-order valence-electron chi connectivity index (χ2n) is 9.92. The molecule has 142 valence electrons. The number of rotatable bonds is 6. The summed E-state index contributed by atoms with van der Waals surface area (Å²) in [6, 6.07) is 0.577. The summed E-state index contributed by atoms with van der Waals surface area (Å²) in [5.74, 6) is 3.15. The van der Waals surface area contributed by atoms with Crippen LogP contribution in [0.4, 0.5) is 0 Å². The van der Waals surface area contributed by atoms with E-state index in [1.165, 1.54) is 64.7 Å². The van der Waals surface area contributed by atoms with Gasteiger partial charge in [0.25, 0.3) is 0 Å². The molecule has 5 fully saturated rings. The Kier molecular flexibility index (Phi) is 5.11. The third kappa shape index (κ3) is 4.05. The number of carbonyl (C=O) groups is 1. The number of hydrogen-bond acceptors (Lipinski definition) is 3. The molecule has 4 aliphatic carbocycles. The molecule has 4 heteroatoms. The van der Waals surface area contributed by atoms with Crippen molar-refractivity contribution >= 4 is 5.91 Å². The van der Waals surface area contributed by atoms with Gasteiger partial charge in [-0.3, -0.25) is 9.69 Å². The van der Waals surface area contributed by atoms with Crippen molar-refractivity contribution in [2.45, 2.75) is 64.3 Å². The highest BCUT2D eigenvalue weighted by Gasteiger charge is 2.51. The fraction of sp³-hybridized carbons (Fsp3) is 0.952. The Bertz CT molecular complexity index is 448. The summed E-state index contributed by atoms with van der Waals surface area (Å²) in [5, 5.41) is 3.26. The van der Waals surface area contributed by atoms with E-state index in [4.69, 9.17) is 0 Å². The average Bonchev–Trinajstić information content (AvgIpc) is 2.53. The molecule has 25 heavy (non-hydrogen) atoms. The van der Waals surface area contributed by atoms with Crippen LogP contribution in [0.2, 0.25) is 0 Å². The molecule has 1 saturated heterocycles. The van der Waals surface area contributed by atoms with Crippen LogP contribution in [0.15, 0.2) is 0 Å². The number of nitrogens with one attached hydrogen (secondary N) is 1. The van der Waals surface area contributed by atoms with Crippen LogP contribution in [-0.2, 0) is 4.79 Å². The van der Waals surface area contributed by atoms with Crippen molar-refractivity contribution in [2.24, 2.45) is 23.2 Å². The second kappa shape index (κ2) is 7.19. The molecule has 0 aromatic rings. The largest absolute Gasteiger partial charge is 0.356 e.